The lowest BCUT2D eigenvalue weighted by Crippen LogP contribution is -2.24. The standard InChI is InChI=1S/C18H18N4.3C2H6/c1-3-22-12-13-8-4-5-9-14(13)18-17(19-20-21(18)2)15-10-6-7-11-16(15)22;3*1-2/h4-11H,3,12H2,1-2H3;3*1-2H3. The van der Waals surface area contributed by atoms with Crippen LogP contribution in [0.1, 0.15) is 54.0 Å². The van der Waals surface area contributed by atoms with Gasteiger partial charge in [0, 0.05) is 37.0 Å². The van der Waals surface area contributed by atoms with E-state index in [2.05, 4.69) is 70.7 Å². The Balaban J connectivity index is 0.000000599. The summed E-state index contributed by atoms with van der Waals surface area (Å²) in [6.07, 6.45) is 0. The van der Waals surface area contributed by atoms with Crippen molar-refractivity contribution in [2.45, 2.75) is 55.0 Å². The lowest BCUT2D eigenvalue weighted by atomic mass is 9.96. The molecule has 0 bridgehead atoms. The normalized spacial score (nSPS) is 10.8. The number of hydrogen-bond acceptors (Lipinski definition) is 3. The third-order valence-electron chi connectivity index (χ3n) is 4.34. The summed E-state index contributed by atoms with van der Waals surface area (Å²) >= 11 is 0. The van der Waals surface area contributed by atoms with Gasteiger partial charge in [0.2, 0.25) is 0 Å². The maximum Gasteiger partial charge on any atom is 0.123 e. The van der Waals surface area contributed by atoms with Crippen LogP contribution in [0.5, 0.6) is 0 Å². The van der Waals surface area contributed by atoms with Gasteiger partial charge in [-0.15, -0.1) is 5.10 Å². The number of rotatable bonds is 1. The minimum Gasteiger partial charge on any atom is -0.367 e. The molecule has 0 N–H and O–H groups in total. The zero-order chi connectivity index (χ0) is 21.1. The molecule has 0 saturated heterocycles. The van der Waals surface area contributed by atoms with Gasteiger partial charge >= 0.3 is 0 Å². The van der Waals surface area contributed by atoms with Crippen LogP contribution in [0, 0.1) is 0 Å². The van der Waals surface area contributed by atoms with E-state index in [1.807, 2.05) is 53.3 Å². The van der Waals surface area contributed by atoms with E-state index in [0.717, 1.165) is 30.0 Å². The molecule has 3 aromatic rings. The van der Waals surface area contributed by atoms with Crippen molar-refractivity contribution >= 4 is 5.69 Å². The summed E-state index contributed by atoms with van der Waals surface area (Å²) in [6.45, 7) is 16.0. The molecule has 1 aromatic heterocycles. The molecular formula is C24H36N4. The molecule has 0 spiro atoms. The van der Waals surface area contributed by atoms with E-state index >= 15 is 0 Å². The molecule has 0 amide bonds. The van der Waals surface area contributed by atoms with Gasteiger partial charge in [-0.3, -0.25) is 0 Å². The van der Waals surface area contributed by atoms with Crippen molar-refractivity contribution in [1.29, 1.82) is 0 Å². The van der Waals surface area contributed by atoms with E-state index in [-0.39, 0.29) is 0 Å². The molecule has 0 unspecified atom stereocenters. The zero-order valence-corrected chi connectivity index (χ0v) is 18.8. The summed E-state index contributed by atoms with van der Waals surface area (Å²) in [7, 11) is 1.96. The van der Waals surface area contributed by atoms with Gasteiger partial charge in [0.15, 0.2) is 0 Å². The molecule has 1 aliphatic rings. The largest absolute Gasteiger partial charge is 0.367 e. The predicted molar refractivity (Wildman–Crippen MR) is 123 cm³/mol. The second kappa shape index (κ2) is 12.0. The summed E-state index contributed by atoms with van der Waals surface area (Å²) in [4.78, 5) is 2.39. The SMILES string of the molecule is CC.CC.CC.CCN1Cc2ccccc2-c2c(nnn2C)-c2ccccc21. The van der Waals surface area contributed by atoms with E-state index in [1.54, 1.807) is 0 Å². The lowest BCUT2D eigenvalue weighted by Gasteiger charge is -2.28. The highest BCUT2D eigenvalue weighted by Gasteiger charge is 2.24. The first-order chi connectivity index (χ1) is 13.8. The number of aryl methyl sites for hydroxylation is 1. The van der Waals surface area contributed by atoms with Crippen LogP contribution in [0.3, 0.4) is 0 Å². The molecule has 4 nitrogen and oxygen atoms in total. The van der Waals surface area contributed by atoms with Gasteiger partial charge in [-0.25, -0.2) is 4.68 Å². The number of benzene rings is 2. The molecular weight excluding hydrogens is 344 g/mol. The Kier molecular flexibility index (Phi) is 10.0. The average molecular weight is 381 g/mol. The Hall–Kier alpha value is -2.62. The van der Waals surface area contributed by atoms with E-state index < -0.39 is 0 Å². The van der Waals surface area contributed by atoms with Crippen LogP contribution in [0.25, 0.3) is 22.5 Å². The molecule has 0 aliphatic carbocycles. The van der Waals surface area contributed by atoms with Gasteiger partial charge in [-0.2, -0.15) is 0 Å². The predicted octanol–water partition coefficient (Wildman–Crippen LogP) is 6.57. The quantitative estimate of drug-likeness (QED) is 0.479. The van der Waals surface area contributed by atoms with Crippen LogP contribution in [-0.2, 0) is 13.6 Å². The lowest BCUT2D eigenvalue weighted by molar-refractivity contribution is 0.720. The molecule has 4 heteroatoms. The van der Waals surface area contributed by atoms with Crippen LogP contribution in [0.2, 0.25) is 0 Å². The number of hydrogen-bond donors (Lipinski definition) is 0. The first-order valence-electron chi connectivity index (χ1n) is 10.6. The third kappa shape index (κ3) is 4.61. The fraction of sp³-hybridized carbons (Fsp3) is 0.417. The van der Waals surface area contributed by atoms with E-state index in [1.165, 1.54) is 16.8 Å². The van der Waals surface area contributed by atoms with Crippen molar-refractivity contribution in [3.63, 3.8) is 0 Å². The molecule has 28 heavy (non-hydrogen) atoms. The molecule has 0 saturated carbocycles. The van der Waals surface area contributed by atoms with Crippen molar-refractivity contribution in [2.75, 3.05) is 11.4 Å². The minimum absolute atomic E-state index is 0.897. The monoisotopic (exact) mass is 380 g/mol. The molecule has 0 atom stereocenters. The first-order valence-corrected chi connectivity index (χ1v) is 10.6. The average Bonchev–Trinajstić information content (AvgIpc) is 3.16. The number of fused-ring (bicyclic) bond motifs is 5. The number of anilines is 1. The van der Waals surface area contributed by atoms with Gasteiger partial charge in [0.05, 0.1) is 5.69 Å². The molecule has 0 radical (unpaired) electrons. The number of aromatic nitrogens is 3. The molecule has 1 aliphatic heterocycles. The summed E-state index contributed by atoms with van der Waals surface area (Å²) in [5, 5.41) is 8.73. The van der Waals surface area contributed by atoms with Crippen LogP contribution in [0.4, 0.5) is 5.69 Å². The minimum atomic E-state index is 0.897. The van der Waals surface area contributed by atoms with Crippen molar-refractivity contribution in [1.82, 2.24) is 15.0 Å². The molecule has 2 aromatic carbocycles. The maximum absolute atomic E-state index is 4.45. The molecule has 4 rings (SSSR count). The van der Waals surface area contributed by atoms with Crippen molar-refractivity contribution in [2.24, 2.45) is 7.05 Å². The van der Waals surface area contributed by atoms with Crippen LogP contribution >= 0.6 is 0 Å². The highest BCUT2D eigenvalue weighted by atomic mass is 15.4. The van der Waals surface area contributed by atoms with Gasteiger partial charge in [-0.05, 0) is 18.6 Å². The Morgan fingerprint density at radius 3 is 2.04 bits per heavy atom. The number of para-hydroxylation sites is 1. The second-order valence-electron chi connectivity index (χ2n) is 5.60. The van der Waals surface area contributed by atoms with Crippen LogP contribution in [-0.4, -0.2) is 21.5 Å². The summed E-state index contributed by atoms with van der Waals surface area (Å²) < 4.78 is 1.88. The van der Waals surface area contributed by atoms with E-state index in [4.69, 9.17) is 0 Å². The highest BCUT2D eigenvalue weighted by molar-refractivity contribution is 5.87. The van der Waals surface area contributed by atoms with Gasteiger partial charge in [0.25, 0.3) is 0 Å². The van der Waals surface area contributed by atoms with Crippen molar-refractivity contribution in [3.05, 3.63) is 54.1 Å². The Morgan fingerprint density at radius 2 is 1.39 bits per heavy atom. The Bertz CT molecular complexity index is 836. The molecule has 0 fully saturated rings. The van der Waals surface area contributed by atoms with Gasteiger partial charge in [-0.1, -0.05) is 89.2 Å². The topological polar surface area (TPSA) is 34.0 Å². The summed E-state index contributed by atoms with van der Waals surface area (Å²) in [5.74, 6) is 0. The maximum atomic E-state index is 4.45. The summed E-state index contributed by atoms with van der Waals surface area (Å²) in [6, 6.07) is 17.0. The zero-order valence-electron chi connectivity index (χ0n) is 18.8. The van der Waals surface area contributed by atoms with E-state index in [0.29, 0.717) is 0 Å². The van der Waals surface area contributed by atoms with Crippen molar-refractivity contribution in [3.8, 4) is 22.5 Å². The summed E-state index contributed by atoms with van der Waals surface area (Å²) in [5.41, 5.74) is 6.97. The Morgan fingerprint density at radius 1 is 0.821 bits per heavy atom. The van der Waals surface area contributed by atoms with Gasteiger partial charge in [0.1, 0.15) is 5.69 Å². The van der Waals surface area contributed by atoms with Gasteiger partial charge < -0.3 is 4.90 Å². The van der Waals surface area contributed by atoms with Crippen LogP contribution in [0.15, 0.2) is 48.5 Å². The fourth-order valence-electron chi connectivity index (χ4n) is 3.25. The van der Waals surface area contributed by atoms with Crippen molar-refractivity contribution < 1.29 is 0 Å². The third-order valence-corrected chi connectivity index (χ3v) is 4.34. The first kappa shape index (κ1) is 23.4. The Labute approximate surface area is 171 Å². The number of nitrogens with zero attached hydrogens (tertiary/aromatic N) is 4. The van der Waals surface area contributed by atoms with Crippen LogP contribution < -0.4 is 4.90 Å². The highest BCUT2D eigenvalue weighted by Crippen LogP contribution is 2.40. The smallest absolute Gasteiger partial charge is 0.123 e. The van der Waals surface area contributed by atoms with E-state index in [9.17, 15) is 0 Å². The fourth-order valence-corrected chi connectivity index (χ4v) is 3.25. The second-order valence-corrected chi connectivity index (χ2v) is 5.60. The molecule has 2 heterocycles. The molecule has 152 valence electrons.